The Kier molecular flexibility index (Phi) is 6.62. The van der Waals surface area contributed by atoms with Crippen molar-refractivity contribution in [2.75, 3.05) is 19.9 Å². The highest BCUT2D eigenvalue weighted by Crippen LogP contribution is 2.43. The van der Waals surface area contributed by atoms with Crippen LogP contribution in [0.15, 0.2) is 45.3 Å². The number of aliphatic imine (C=N–C) groups is 3. The number of rotatable bonds is 7. The number of Topliss-reactive ketones (excluding diaryl/α,β-unsaturated/α-hetero) is 1. The third-order valence-electron chi connectivity index (χ3n) is 7.55. The maximum absolute atomic E-state index is 13.3. The molecule has 35 heavy (non-hydrogen) atoms. The number of hydrogen-bond donors (Lipinski definition) is 3. The molecule has 0 saturated carbocycles. The van der Waals surface area contributed by atoms with Crippen LogP contribution in [0.4, 0.5) is 0 Å². The molecule has 3 aliphatic heterocycles. The van der Waals surface area contributed by atoms with Gasteiger partial charge in [0.25, 0.3) is 0 Å². The molecule has 0 aliphatic carbocycles. The molecule has 3 heterocycles. The van der Waals surface area contributed by atoms with E-state index < -0.39 is 45.1 Å². The van der Waals surface area contributed by atoms with Gasteiger partial charge in [0, 0.05) is 12.0 Å². The van der Waals surface area contributed by atoms with E-state index in [4.69, 9.17) is 14.9 Å². The summed E-state index contributed by atoms with van der Waals surface area (Å²) >= 11 is 0. The summed E-state index contributed by atoms with van der Waals surface area (Å²) in [5.74, 6) is 0.0171. The van der Waals surface area contributed by atoms with E-state index in [1.54, 1.807) is 29.2 Å². The number of nitrogens with two attached hydrogens (primary N) is 1. The number of carbonyl (C=O) groups is 1. The topological polar surface area (TPSA) is 142 Å². The van der Waals surface area contributed by atoms with Crippen LogP contribution in [0.2, 0.25) is 18.1 Å². The molecule has 1 aromatic carbocycles. The molecule has 0 radical (unpaired) electrons. The molecule has 190 valence electrons. The second-order valence-corrected chi connectivity index (χ2v) is 15.6. The van der Waals surface area contributed by atoms with Crippen molar-refractivity contribution in [1.82, 2.24) is 4.90 Å². The van der Waals surface area contributed by atoms with Gasteiger partial charge < -0.3 is 24.3 Å². The smallest absolute Gasteiger partial charge is 0.219 e. The highest BCUT2D eigenvalue weighted by Gasteiger charge is 2.56. The fourth-order valence-corrected chi connectivity index (χ4v) is 5.66. The number of hydrogen-bond acceptors (Lipinski definition) is 10. The predicted octanol–water partition coefficient (Wildman–Crippen LogP) is 1.54. The normalized spacial score (nSPS) is 28.1. The molecule has 0 amide bonds. The van der Waals surface area contributed by atoms with Crippen LogP contribution in [0.5, 0.6) is 0 Å². The fourth-order valence-electron chi connectivity index (χ4n) is 4.29. The van der Waals surface area contributed by atoms with E-state index in [0.717, 1.165) is 0 Å². The largest absolute Gasteiger partial charge is 0.411 e. The van der Waals surface area contributed by atoms with E-state index in [1.807, 2.05) is 6.07 Å². The maximum atomic E-state index is 13.3. The summed E-state index contributed by atoms with van der Waals surface area (Å²) in [5.41, 5.74) is 4.24. The highest BCUT2D eigenvalue weighted by molar-refractivity contribution is 6.74. The second-order valence-electron chi connectivity index (χ2n) is 10.8. The van der Waals surface area contributed by atoms with Crippen LogP contribution < -0.4 is 5.73 Å². The van der Waals surface area contributed by atoms with Crippen LogP contribution in [0, 0.1) is 0 Å². The molecule has 3 aliphatic rings. The molecule has 1 unspecified atom stereocenters. The van der Waals surface area contributed by atoms with Crippen molar-refractivity contribution < 1.29 is 24.2 Å². The lowest BCUT2D eigenvalue weighted by molar-refractivity contribution is -0.151. The minimum Gasteiger partial charge on any atom is -0.411 e. The number of amidine groups is 1. The molecule has 1 aromatic rings. The SMILES string of the molecule is CC(C)(C)[Si](C)(C)O[C@H]1C[C@H](N2CN=C3C2=NC=NC3(N)C(=O)c2ccccc2)OC1(CO)CO. The van der Waals surface area contributed by atoms with Gasteiger partial charge in [-0.1, -0.05) is 51.1 Å². The molecular weight excluding hydrogens is 466 g/mol. The van der Waals surface area contributed by atoms with Gasteiger partial charge in [-0.3, -0.25) is 15.5 Å². The summed E-state index contributed by atoms with van der Waals surface area (Å²) in [4.78, 5) is 28.2. The zero-order valence-electron chi connectivity index (χ0n) is 20.9. The van der Waals surface area contributed by atoms with Crippen molar-refractivity contribution in [3.8, 4) is 0 Å². The lowest BCUT2D eigenvalue weighted by Gasteiger charge is -2.42. The average molecular weight is 502 g/mol. The van der Waals surface area contributed by atoms with E-state index in [0.29, 0.717) is 17.8 Å². The fraction of sp³-hybridized carbons (Fsp3) is 0.583. The first-order valence-electron chi connectivity index (χ1n) is 11.8. The van der Waals surface area contributed by atoms with Crippen LogP contribution in [-0.2, 0) is 9.16 Å². The van der Waals surface area contributed by atoms with Gasteiger partial charge in [0.15, 0.2) is 14.2 Å². The zero-order chi connectivity index (χ0) is 25.6. The first-order chi connectivity index (χ1) is 16.4. The Hall–Kier alpha value is -2.28. The molecular formula is C24H35N5O5Si. The Morgan fingerprint density at radius 2 is 1.91 bits per heavy atom. The van der Waals surface area contributed by atoms with Gasteiger partial charge in [0.05, 0.1) is 19.3 Å². The maximum Gasteiger partial charge on any atom is 0.219 e. The van der Waals surface area contributed by atoms with Crippen LogP contribution >= 0.6 is 0 Å². The van der Waals surface area contributed by atoms with Crippen LogP contribution in [-0.4, -0.2) is 90.6 Å². The Balaban J connectivity index is 1.59. The molecule has 10 nitrogen and oxygen atoms in total. The van der Waals surface area contributed by atoms with E-state index in [9.17, 15) is 15.0 Å². The van der Waals surface area contributed by atoms with Crippen molar-refractivity contribution in [3.05, 3.63) is 35.9 Å². The molecule has 11 heteroatoms. The highest BCUT2D eigenvalue weighted by atomic mass is 28.4. The van der Waals surface area contributed by atoms with Gasteiger partial charge >= 0.3 is 0 Å². The summed E-state index contributed by atoms with van der Waals surface area (Å²) < 4.78 is 12.9. The van der Waals surface area contributed by atoms with Gasteiger partial charge in [0.1, 0.15) is 30.5 Å². The van der Waals surface area contributed by atoms with Crippen LogP contribution in [0.3, 0.4) is 0 Å². The standard InChI is InChI=1S/C24H35N5O5Si/c1-22(2,3)35(4,5)34-17-11-18(33-23(17,12-30)13-31)29-15-27-19-21(29)26-14-28-24(19,25)20(32)16-9-7-6-8-10-16/h6-10,14,17-18,30-31H,11-13,15,25H2,1-5H3/t17-,18+,24?/m0/s1. The Labute approximate surface area is 206 Å². The van der Waals surface area contributed by atoms with Crippen molar-refractivity contribution in [3.63, 3.8) is 0 Å². The van der Waals surface area contributed by atoms with Gasteiger partial charge in [-0.25, -0.2) is 9.98 Å². The van der Waals surface area contributed by atoms with Gasteiger partial charge in [-0.05, 0) is 18.1 Å². The summed E-state index contributed by atoms with van der Waals surface area (Å²) in [6, 6.07) is 8.72. The van der Waals surface area contributed by atoms with Gasteiger partial charge in [0.2, 0.25) is 11.4 Å². The number of ketones is 1. The molecule has 0 bridgehead atoms. The minimum absolute atomic E-state index is 0.0630. The molecule has 4 N–H and O–H groups in total. The second kappa shape index (κ2) is 8.98. The van der Waals surface area contributed by atoms with Crippen molar-refractivity contribution >= 4 is 32.0 Å². The monoisotopic (exact) mass is 501 g/mol. The number of aliphatic hydroxyl groups excluding tert-OH is 2. The number of aliphatic hydroxyl groups is 2. The molecule has 0 spiro atoms. The number of ether oxygens (including phenoxy) is 1. The van der Waals surface area contributed by atoms with Gasteiger partial charge in [-0.2, -0.15) is 0 Å². The number of benzene rings is 1. The summed E-state index contributed by atoms with van der Waals surface area (Å²) in [6.45, 7) is 9.99. The van der Waals surface area contributed by atoms with Gasteiger partial charge in [-0.15, -0.1) is 0 Å². The van der Waals surface area contributed by atoms with Crippen LogP contribution in [0.1, 0.15) is 37.6 Å². The average Bonchev–Trinajstić information content (AvgIpc) is 3.41. The predicted molar refractivity (Wildman–Crippen MR) is 136 cm³/mol. The van der Waals surface area contributed by atoms with E-state index in [2.05, 4.69) is 48.8 Å². The Morgan fingerprint density at radius 3 is 2.51 bits per heavy atom. The number of nitrogens with zero attached hydrogens (tertiary/aromatic N) is 4. The number of fused-ring (bicyclic) bond motifs is 1. The molecule has 1 saturated heterocycles. The summed E-state index contributed by atoms with van der Waals surface area (Å²) in [6.07, 6.45) is 0.541. The van der Waals surface area contributed by atoms with E-state index in [1.165, 1.54) is 6.34 Å². The van der Waals surface area contributed by atoms with Crippen molar-refractivity contribution in [1.29, 1.82) is 0 Å². The lowest BCUT2D eigenvalue weighted by atomic mass is 9.93. The van der Waals surface area contributed by atoms with Crippen LogP contribution in [0.25, 0.3) is 0 Å². The zero-order valence-corrected chi connectivity index (χ0v) is 21.9. The Bertz CT molecular complexity index is 1060. The lowest BCUT2D eigenvalue weighted by Crippen LogP contribution is -2.59. The van der Waals surface area contributed by atoms with Crippen molar-refractivity contribution in [2.24, 2.45) is 20.7 Å². The Morgan fingerprint density at radius 1 is 1.26 bits per heavy atom. The molecule has 1 fully saturated rings. The van der Waals surface area contributed by atoms with E-state index >= 15 is 0 Å². The summed E-state index contributed by atoms with van der Waals surface area (Å²) in [7, 11) is -2.24. The first-order valence-corrected chi connectivity index (χ1v) is 14.7. The van der Waals surface area contributed by atoms with Crippen molar-refractivity contribution in [2.45, 2.75) is 68.9 Å². The minimum atomic E-state index is -2.24. The number of carbonyl (C=O) groups excluding carboxylic acids is 1. The third-order valence-corrected chi connectivity index (χ3v) is 12.0. The molecule has 4 rings (SSSR count). The molecule has 0 aromatic heterocycles. The summed E-state index contributed by atoms with van der Waals surface area (Å²) in [5, 5.41) is 20.4. The third kappa shape index (κ3) is 4.30. The molecule has 3 atom stereocenters. The quantitative estimate of drug-likeness (QED) is 0.380. The first kappa shape index (κ1) is 25.8. The van der Waals surface area contributed by atoms with E-state index in [-0.39, 0.29) is 23.2 Å².